The zero-order valence-corrected chi connectivity index (χ0v) is 14.0. The van der Waals surface area contributed by atoms with Gasteiger partial charge in [0.05, 0.1) is 6.04 Å². The molecule has 1 aromatic carbocycles. The number of rotatable bonds is 5. The molecule has 0 fully saturated rings. The molecule has 0 saturated heterocycles. The number of aromatic nitrogens is 4. The van der Waals surface area contributed by atoms with Crippen LogP contribution in [-0.2, 0) is 13.0 Å². The average molecular weight is 333 g/mol. The van der Waals surface area contributed by atoms with E-state index in [1.807, 2.05) is 47.1 Å². The molecule has 1 aliphatic heterocycles. The van der Waals surface area contributed by atoms with Crippen molar-refractivity contribution in [3.05, 3.63) is 65.6 Å². The summed E-state index contributed by atoms with van der Waals surface area (Å²) in [5.41, 5.74) is 2.53. The van der Waals surface area contributed by atoms with Gasteiger partial charge in [-0.25, -0.2) is 9.67 Å². The van der Waals surface area contributed by atoms with Crippen molar-refractivity contribution >= 4 is 5.91 Å². The Balaban J connectivity index is 1.66. The van der Waals surface area contributed by atoms with Crippen LogP contribution < -0.4 is 5.32 Å². The van der Waals surface area contributed by atoms with Gasteiger partial charge in [-0.15, -0.1) is 5.10 Å². The van der Waals surface area contributed by atoms with Gasteiger partial charge in [0.1, 0.15) is 11.5 Å². The molecular weight excluding hydrogens is 314 g/mol. The highest BCUT2D eigenvalue weighted by Gasteiger charge is 2.29. The molecule has 0 unspecified atom stereocenters. The smallest absolute Gasteiger partial charge is 0.252 e. The van der Waals surface area contributed by atoms with Gasteiger partial charge in [-0.1, -0.05) is 31.2 Å². The summed E-state index contributed by atoms with van der Waals surface area (Å²) in [4.78, 5) is 21.2. The predicted octanol–water partition coefficient (Wildman–Crippen LogP) is 2.78. The highest BCUT2D eigenvalue weighted by Crippen LogP contribution is 2.28. The number of carbonyl (C=O) groups excluding carboxylic acids is 1. The molecule has 2 aromatic heterocycles. The summed E-state index contributed by atoms with van der Waals surface area (Å²) in [5, 5.41) is 7.67. The number of nitrogens with one attached hydrogen (secondary N) is 1. The molecule has 3 heterocycles. The minimum Gasteiger partial charge on any atom is -0.345 e. The van der Waals surface area contributed by atoms with E-state index >= 15 is 0 Å². The van der Waals surface area contributed by atoms with Crippen molar-refractivity contribution in [2.45, 2.75) is 32.4 Å². The van der Waals surface area contributed by atoms with Crippen molar-refractivity contribution < 1.29 is 4.79 Å². The number of aryl methyl sites for hydroxylation is 1. The molecule has 1 atom stereocenters. The summed E-state index contributed by atoms with van der Waals surface area (Å²) in [5.74, 6) is 1.47. The molecule has 0 radical (unpaired) electrons. The maximum absolute atomic E-state index is 12.1. The number of hydrogen-bond donors (Lipinski definition) is 1. The topological polar surface area (TPSA) is 72.7 Å². The third-order valence-corrected chi connectivity index (χ3v) is 4.35. The van der Waals surface area contributed by atoms with Crippen LogP contribution in [0.3, 0.4) is 0 Å². The number of benzene rings is 1. The Morgan fingerprint density at radius 1 is 1.16 bits per heavy atom. The van der Waals surface area contributed by atoms with Gasteiger partial charge in [-0.2, -0.15) is 0 Å². The van der Waals surface area contributed by atoms with Crippen LogP contribution in [-0.4, -0.2) is 25.7 Å². The molecule has 0 saturated carbocycles. The van der Waals surface area contributed by atoms with E-state index < -0.39 is 0 Å². The van der Waals surface area contributed by atoms with Gasteiger partial charge in [0.15, 0.2) is 5.82 Å². The van der Waals surface area contributed by atoms with E-state index in [9.17, 15) is 4.79 Å². The van der Waals surface area contributed by atoms with Crippen molar-refractivity contribution in [1.82, 2.24) is 25.1 Å². The normalized spacial score (nSPS) is 15.9. The van der Waals surface area contributed by atoms with Gasteiger partial charge in [0, 0.05) is 24.7 Å². The molecule has 6 heteroatoms. The molecule has 126 valence electrons. The summed E-state index contributed by atoms with van der Waals surface area (Å²) < 4.78 is 1.93. The maximum atomic E-state index is 12.1. The minimum absolute atomic E-state index is 0.0212. The average Bonchev–Trinajstić information content (AvgIpc) is 3.19. The summed E-state index contributed by atoms with van der Waals surface area (Å²) in [6.45, 7) is 2.90. The SMILES string of the molecule is CCCn1nc(-c2ccccn2)nc1C[C@@H]1NC(=O)c2ccccc21. The number of fused-ring (bicyclic) bond motifs is 1. The van der Waals surface area contributed by atoms with Crippen molar-refractivity contribution in [2.24, 2.45) is 0 Å². The Kier molecular flexibility index (Phi) is 4.01. The van der Waals surface area contributed by atoms with E-state index in [0.717, 1.165) is 35.6 Å². The van der Waals surface area contributed by atoms with Crippen molar-refractivity contribution in [1.29, 1.82) is 0 Å². The predicted molar refractivity (Wildman–Crippen MR) is 93.9 cm³/mol. The van der Waals surface area contributed by atoms with Crippen molar-refractivity contribution in [3.8, 4) is 11.5 Å². The lowest BCUT2D eigenvalue weighted by atomic mass is 10.0. The first-order valence-electron chi connectivity index (χ1n) is 8.51. The Labute approximate surface area is 145 Å². The highest BCUT2D eigenvalue weighted by atomic mass is 16.2. The lowest BCUT2D eigenvalue weighted by molar-refractivity contribution is 0.0956. The van der Waals surface area contributed by atoms with Crippen molar-refractivity contribution in [2.75, 3.05) is 0 Å². The fourth-order valence-corrected chi connectivity index (χ4v) is 3.18. The number of carbonyl (C=O) groups is 1. The second kappa shape index (κ2) is 6.47. The number of pyridine rings is 1. The maximum Gasteiger partial charge on any atom is 0.252 e. The zero-order valence-electron chi connectivity index (χ0n) is 14.0. The zero-order chi connectivity index (χ0) is 17.2. The molecule has 1 amide bonds. The van der Waals surface area contributed by atoms with E-state index in [4.69, 9.17) is 4.98 Å². The third-order valence-electron chi connectivity index (χ3n) is 4.35. The summed E-state index contributed by atoms with van der Waals surface area (Å²) in [6.07, 6.45) is 3.32. The number of hydrogen-bond acceptors (Lipinski definition) is 4. The molecule has 4 rings (SSSR count). The monoisotopic (exact) mass is 333 g/mol. The molecule has 0 bridgehead atoms. The molecule has 1 N–H and O–H groups in total. The molecule has 0 aliphatic carbocycles. The van der Waals surface area contributed by atoms with Crippen LogP contribution in [0.4, 0.5) is 0 Å². The van der Waals surface area contributed by atoms with E-state index in [2.05, 4.69) is 22.3 Å². The summed E-state index contributed by atoms with van der Waals surface area (Å²) >= 11 is 0. The van der Waals surface area contributed by atoms with Crippen LogP contribution in [0.1, 0.15) is 41.1 Å². The first-order chi connectivity index (χ1) is 12.3. The Bertz CT molecular complexity index is 903. The quantitative estimate of drug-likeness (QED) is 0.779. The molecule has 0 spiro atoms. The van der Waals surface area contributed by atoms with Gasteiger partial charge in [-0.05, 0) is 30.2 Å². The van der Waals surface area contributed by atoms with E-state index in [0.29, 0.717) is 12.2 Å². The van der Waals surface area contributed by atoms with Crippen LogP contribution in [0.2, 0.25) is 0 Å². The Hall–Kier alpha value is -3.02. The molecule has 3 aromatic rings. The lowest BCUT2D eigenvalue weighted by Gasteiger charge is -2.11. The lowest BCUT2D eigenvalue weighted by Crippen LogP contribution is -2.22. The first-order valence-corrected chi connectivity index (χ1v) is 8.51. The molecule has 1 aliphatic rings. The summed E-state index contributed by atoms with van der Waals surface area (Å²) in [6, 6.07) is 13.3. The van der Waals surface area contributed by atoms with Crippen LogP contribution >= 0.6 is 0 Å². The van der Waals surface area contributed by atoms with Crippen LogP contribution in [0.25, 0.3) is 11.5 Å². The van der Waals surface area contributed by atoms with E-state index in [-0.39, 0.29) is 11.9 Å². The third kappa shape index (κ3) is 2.91. The van der Waals surface area contributed by atoms with Gasteiger partial charge >= 0.3 is 0 Å². The van der Waals surface area contributed by atoms with Crippen LogP contribution in [0, 0.1) is 0 Å². The first kappa shape index (κ1) is 15.5. The Morgan fingerprint density at radius 3 is 2.80 bits per heavy atom. The Morgan fingerprint density at radius 2 is 2.00 bits per heavy atom. The van der Waals surface area contributed by atoms with Gasteiger partial charge in [0.2, 0.25) is 0 Å². The second-order valence-electron chi connectivity index (χ2n) is 6.11. The van der Waals surface area contributed by atoms with Gasteiger partial charge < -0.3 is 5.32 Å². The van der Waals surface area contributed by atoms with Crippen LogP contribution in [0.5, 0.6) is 0 Å². The van der Waals surface area contributed by atoms with Crippen molar-refractivity contribution in [3.63, 3.8) is 0 Å². The molecule has 6 nitrogen and oxygen atoms in total. The van der Waals surface area contributed by atoms with Gasteiger partial charge in [0.25, 0.3) is 5.91 Å². The molecule has 25 heavy (non-hydrogen) atoms. The number of amides is 1. The minimum atomic E-state index is -0.0694. The second-order valence-corrected chi connectivity index (χ2v) is 6.11. The highest BCUT2D eigenvalue weighted by molar-refractivity contribution is 5.99. The van der Waals surface area contributed by atoms with Crippen LogP contribution in [0.15, 0.2) is 48.7 Å². The van der Waals surface area contributed by atoms with E-state index in [1.54, 1.807) is 6.20 Å². The standard InChI is InChI=1S/C19H19N5O/c1-2-11-24-17(22-18(23-24)15-9-5-6-10-20-15)12-16-13-7-3-4-8-14(13)19(25)21-16/h3-10,16H,2,11-12H2,1H3,(H,21,25)/t16-/m0/s1. The fraction of sp³-hybridized carbons (Fsp3) is 0.263. The number of nitrogens with zero attached hydrogens (tertiary/aromatic N) is 4. The fourth-order valence-electron chi connectivity index (χ4n) is 3.18. The molecular formula is C19H19N5O. The largest absolute Gasteiger partial charge is 0.345 e. The summed E-state index contributed by atoms with van der Waals surface area (Å²) in [7, 11) is 0. The van der Waals surface area contributed by atoms with E-state index in [1.165, 1.54) is 0 Å². The van der Waals surface area contributed by atoms with Gasteiger partial charge in [-0.3, -0.25) is 9.78 Å².